The van der Waals surface area contributed by atoms with Gasteiger partial charge in [-0.05, 0) is 31.9 Å². The Balaban J connectivity index is 1.53. The van der Waals surface area contributed by atoms with Crippen LogP contribution in [-0.2, 0) is 13.6 Å². The molecule has 138 valence electrons. The van der Waals surface area contributed by atoms with Crippen molar-refractivity contribution in [3.63, 3.8) is 0 Å². The molecule has 0 radical (unpaired) electrons. The topological polar surface area (TPSA) is 88.4 Å². The molecule has 4 heterocycles. The Labute approximate surface area is 158 Å². The van der Waals surface area contributed by atoms with E-state index in [2.05, 4.69) is 40.3 Å². The van der Waals surface area contributed by atoms with Crippen LogP contribution in [0, 0.1) is 18.3 Å². The second kappa shape index (κ2) is 7.19. The number of pyridine rings is 1. The third kappa shape index (κ3) is 3.40. The van der Waals surface area contributed by atoms with E-state index in [1.807, 2.05) is 32.3 Å². The number of aryl methyl sites for hydroxylation is 1. The van der Waals surface area contributed by atoms with E-state index in [4.69, 9.17) is 5.26 Å². The van der Waals surface area contributed by atoms with Crippen molar-refractivity contribution in [3.05, 3.63) is 53.8 Å². The summed E-state index contributed by atoms with van der Waals surface area (Å²) in [6, 6.07) is 7.70. The van der Waals surface area contributed by atoms with Crippen LogP contribution in [0.5, 0.6) is 0 Å². The molecule has 0 bridgehead atoms. The van der Waals surface area contributed by atoms with Crippen LogP contribution < -0.4 is 4.90 Å². The third-order valence-electron chi connectivity index (χ3n) is 5.19. The summed E-state index contributed by atoms with van der Waals surface area (Å²) in [5, 5.41) is 18.0. The van der Waals surface area contributed by atoms with E-state index in [0.717, 1.165) is 49.2 Å². The molecule has 0 aromatic carbocycles. The first-order valence-electron chi connectivity index (χ1n) is 9.13. The number of nitrogens with zero attached hydrogens (tertiary/aromatic N) is 8. The van der Waals surface area contributed by atoms with Crippen molar-refractivity contribution in [1.29, 1.82) is 5.26 Å². The molecule has 1 saturated heterocycles. The maximum atomic E-state index is 9.10. The molecule has 3 aromatic heterocycles. The number of hydrogen-bond acceptors (Lipinski definition) is 6. The maximum absolute atomic E-state index is 9.10. The summed E-state index contributed by atoms with van der Waals surface area (Å²) in [6.07, 6.45) is 5.89. The minimum atomic E-state index is 0.293. The molecule has 0 N–H and O–H groups in total. The molecule has 1 aliphatic rings. The van der Waals surface area contributed by atoms with Gasteiger partial charge in [0.2, 0.25) is 0 Å². The predicted molar refractivity (Wildman–Crippen MR) is 100 cm³/mol. The Morgan fingerprint density at radius 3 is 2.96 bits per heavy atom. The lowest BCUT2D eigenvalue weighted by Gasteiger charge is -2.33. The SMILES string of the molecule is Cc1nccn1Cc1nnc([C@@H]2CCCN(c3cccc(C#N)n3)C2)n1C. The highest BCUT2D eigenvalue weighted by Gasteiger charge is 2.26. The van der Waals surface area contributed by atoms with Crippen LogP contribution in [0.25, 0.3) is 0 Å². The van der Waals surface area contributed by atoms with Crippen LogP contribution >= 0.6 is 0 Å². The summed E-state index contributed by atoms with van der Waals surface area (Å²) in [6.45, 7) is 4.42. The summed E-state index contributed by atoms with van der Waals surface area (Å²) in [5.74, 6) is 4.04. The van der Waals surface area contributed by atoms with Gasteiger partial charge in [-0.2, -0.15) is 5.26 Å². The van der Waals surface area contributed by atoms with Gasteiger partial charge in [-0.15, -0.1) is 10.2 Å². The van der Waals surface area contributed by atoms with Crippen LogP contribution in [0.1, 0.15) is 41.9 Å². The molecule has 27 heavy (non-hydrogen) atoms. The lowest BCUT2D eigenvalue weighted by atomic mass is 9.97. The van der Waals surface area contributed by atoms with Gasteiger partial charge in [-0.25, -0.2) is 9.97 Å². The number of aromatic nitrogens is 6. The fourth-order valence-electron chi connectivity index (χ4n) is 3.65. The molecule has 1 fully saturated rings. The van der Waals surface area contributed by atoms with Crippen molar-refractivity contribution in [2.75, 3.05) is 18.0 Å². The third-order valence-corrected chi connectivity index (χ3v) is 5.19. The lowest BCUT2D eigenvalue weighted by Crippen LogP contribution is -2.36. The number of nitriles is 1. The number of hydrogen-bond donors (Lipinski definition) is 0. The molecule has 1 atom stereocenters. The van der Waals surface area contributed by atoms with Crippen molar-refractivity contribution in [3.8, 4) is 6.07 Å². The van der Waals surface area contributed by atoms with E-state index in [0.29, 0.717) is 18.2 Å². The average Bonchev–Trinajstić information content (AvgIpc) is 3.28. The molecular weight excluding hydrogens is 340 g/mol. The molecule has 0 spiro atoms. The number of anilines is 1. The number of imidazole rings is 1. The fraction of sp³-hybridized carbons (Fsp3) is 0.421. The van der Waals surface area contributed by atoms with Crippen LogP contribution in [0.15, 0.2) is 30.6 Å². The highest BCUT2D eigenvalue weighted by atomic mass is 15.3. The van der Waals surface area contributed by atoms with Gasteiger partial charge >= 0.3 is 0 Å². The summed E-state index contributed by atoms with van der Waals surface area (Å²) < 4.78 is 4.17. The zero-order valence-electron chi connectivity index (χ0n) is 15.6. The monoisotopic (exact) mass is 362 g/mol. The molecule has 8 nitrogen and oxygen atoms in total. The van der Waals surface area contributed by atoms with Gasteiger partial charge in [0, 0.05) is 38.4 Å². The first kappa shape index (κ1) is 17.2. The molecule has 3 aromatic rings. The van der Waals surface area contributed by atoms with Crippen molar-refractivity contribution in [2.24, 2.45) is 7.05 Å². The van der Waals surface area contributed by atoms with Gasteiger partial charge in [0.15, 0.2) is 5.82 Å². The molecule has 0 unspecified atom stereocenters. The Hall–Kier alpha value is -3.21. The van der Waals surface area contributed by atoms with Gasteiger partial charge in [0.25, 0.3) is 0 Å². The first-order chi connectivity index (χ1) is 13.2. The summed E-state index contributed by atoms with van der Waals surface area (Å²) in [4.78, 5) is 10.9. The zero-order valence-corrected chi connectivity index (χ0v) is 15.6. The molecule has 8 heteroatoms. The Kier molecular flexibility index (Phi) is 4.59. The molecular formula is C19H22N8. The predicted octanol–water partition coefficient (Wildman–Crippen LogP) is 2.02. The van der Waals surface area contributed by atoms with E-state index in [9.17, 15) is 0 Å². The smallest absolute Gasteiger partial charge is 0.152 e. The van der Waals surface area contributed by atoms with Crippen molar-refractivity contribution in [2.45, 2.75) is 32.2 Å². The van der Waals surface area contributed by atoms with Gasteiger partial charge in [-0.1, -0.05) is 6.07 Å². The molecule has 1 aliphatic heterocycles. The van der Waals surface area contributed by atoms with Crippen LogP contribution in [-0.4, -0.2) is 42.4 Å². The highest BCUT2D eigenvalue weighted by molar-refractivity contribution is 5.42. The van der Waals surface area contributed by atoms with Crippen LogP contribution in [0.3, 0.4) is 0 Å². The van der Waals surface area contributed by atoms with E-state index in [-0.39, 0.29) is 0 Å². The van der Waals surface area contributed by atoms with E-state index in [1.54, 1.807) is 12.3 Å². The minimum Gasteiger partial charge on any atom is -0.356 e. The summed E-state index contributed by atoms with van der Waals surface area (Å²) >= 11 is 0. The quantitative estimate of drug-likeness (QED) is 0.705. The highest BCUT2D eigenvalue weighted by Crippen LogP contribution is 2.28. The number of piperidine rings is 1. The van der Waals surface area contributed by atoms with Gasteiger partial charge in [0.1, 0.15) is 29.2 Å². The first-order valence-corrected chi connectivity index (χ1v) is 9.13. The second-order valence-electron chi connectivity index (χ2n) is 6.91. The Bertz CT molecular complexity index is 980. The van der Waals surface area contributed by atoms with Crippen LogP contribution in [0.4, 0.5) is 5.82 Å². The summed E-state index contributed by atoms with van der Waals surface area (Å²) in [7, 11) is 2.03. The standard InChI is InChI=1S/C19H22N8/c1-14-21-8-10-26(14)13-18-23-24-19(25(18)2)15-5-4-9-27(12-15)17-7-3-6-16(11-20)22-17/h3,6-8,10,15H,4-5,9,12-13H2,1-2H3/t15-/m1/s1. The van der Waals surface area contributed by atoms with E-state index >= 15 is 0 Å². The normalized spacial score (nSPS) is 17.1. The van der Waals surface area contributed by atoms with Gasteiger partial charge in [0.05, 0.1) is 6.54 Å². The molecule has 4 rings (SSSR count). The van der Waals surface area contributed by atoms with Gasteiger partial charge in [-0.3, -0.25) is 0 Å². The van der Waals surface area contributed by atoms with E-state index < -0.39 is 0 Å². The van der Waals surface area contributed by atoms with Crippen LogP contribution in [0.2, 0.25) is 0 Å². The maximum Gasteiger partial charge on any atom is 0.152 e. The fourth-order valence-corrected chi connectivity index (χ4v) is 3.65. The largest absolute Gasteiger partial charge is 0.356 e. The Morgan fingerprint density at radius 1 is 1.30 bits per heavy atom. The van der Waals surface area contributed by atoms with Crippen molar-refractivity contribution in [1.82, 2.24) is 29.3 Å². The Morgan fingerprint density at radius 2 is 2.19 bits per heavy atom. The van der Waals surface area contributed by atoms with Crippen molar-refractivity contribution >= 4 is 5.82 Å². The molecule has 0 amide bonds. The van der Waals surface area contributed by atoms with Crippen molar-refractivity contribution < 1.29 is 0 Å². The molecule has 0 aliphatic carbocycles. The second-order valence-corrected chi connectivity index (χ2v) is 6.91. The number of rotatable bonds is 4. The summed E-state index contributed by atoms with van der Waals surface area (Å²) in [5.41, 5.74) is 0.450. The van der Waals surface area contributed by atoms with E-state index in [1.165, 1.54) is 0 Å². The minimum absolute atomic E-state index is 0.293. The van der Waals surface area contributed by atoms with Gasteiger partial charge < -0.3 is 14.0 Å². The molecule has 0 saturated carbocycles. The zero-order chi connectivity index (χ0) is 18.8. The average molecular weight is 362 g/mol. The lowest BCUT2D eigenvalue weighted by molar-refractivity contribution is 0.475.